The number of hydrogen-bond donors (Lipinski definition) is 1. The van der Waals surface area contributed by atoms with Crippen LogP contribution in [0, 0.1) is 5.92 Å². The molecule has 1 fully saturated rings. The van der Waals surface area contributed by atoms with Gasteiger partial charge in [-0.2, -0.15) is 0 Å². The van der Waals surface area contributed by atoms with Crippen LogP contribution in [0.3, 0.4) is 0 Å². The number of rotatable bonds is 7. The van der Waals surface area contributed by atoms with Crippen LogP contribution < -0.4 is 0 Å². The molecule has 3 rings (SSSR count). The van der Waals surface area contributed by atoms with Crippen LogP contribution in [-0.2, 0) is 20.7 Å². The van der Waals surface area contributed by atoms with E-state index in [4.69, 9.17) is 9.47 Å². The standard InChI is InChI=1S/C28H35NO5/c1-27(2,3)34-26(32)29-23(18-21-14-10-7-11-15-21)24(33-28(29,4)5)19-22(25(30)31)17-16-20-12-8-6-9-13-20/h6-17,22-24H,18-19H2,1-5H3,(H,30,31)/b17-16+/t22?,23-,24-/m0/s1. The van der Waals surface area contributed by atoms with E-state index in [-0.39, 0.29) is 12.5 Å². The average Bonchev–Trinajstić information content (AvgIpc) is 3.00. The van der Waals surface area contributed by atoms with Crippen LogP contribution in [0.1, 0.15) is 52.2 Å². The molecule has 1 amide bonds. The number of ether oxygens (including phenoxy) is 2. The van der Waals surface area contributed by atoms with Crippen LogP contribution in [-0.4, -0.2) is 45.5 Å². The van der Waals surface area contributed by atoms with Crippen LogP contribution in [0.15, 0.2) is 66.7 Å². The molecule has 0 radical (unpaired) electrons. The third kappa shape index (κ3) is 6.70. The van der Waals surface area contributed by atoms with Crippen molar-refractivity contribution < 1.29 is 24.2 Å². The number of carbonyl (C=O) groups excluding carboxylic acids is 1. The second kappa shape index (κ2) is 10.4. The number of carboxylic acid groups (broad SMARTS) is 1. The smallest absolute Gasteiger partial charge is 0.412 e. The molecule has 0 spiro atoms. The molecule has 1 N–H and O–H groups in total. The molecular formula is C28H35NO5. The number of hydrogen-bond acceptors (Lipinski definition) is 4. The van der Waals surface area contributed by atoms with Gasteiger partial charge >= 0.3 is 12.1 Å². The van der Waals surface area contributed by atoms with Crippen molar-refractivity contribution in [1.82, 2.24) is 4.90 Å². The average molecular weight is 466 g/mol. The molecule has 0 aromatic heterocycles. The quantitative estimate of drug-likeness (QED) is 0.561. The normalized spacial score (nSPS) is 20.9. The Morgan fingerprint density at radius 3 is 2.24 bits per heavy atom. The molecule has 1 heterocycles. The van der Waals surface area contributed by atoms with Gasteiger partial charge in [0.2, 0.25) is 0 Å². The van der Waals surface area contributed by atoms with E-state index in [1.807, 2.05) is 101 Å². The van der Waals surface area contributed by atoms with E-state index >= 15 is 0 Å². The van der Waals surface area contributed by atoms with E-state index in [9.17, 15) is 14.7 Å². The Morgan fingerprint density at radius 1 is 1.09 bits per heavy atom. The maximum absolute atomic E-state index is 13.2. The van der Waals surface area contributed by atoms with Gasteiger partial charge in [0.15, 0.2) is 0 Å². The van der Waals surface area contributed by atoms with Crippen LogP contribution in [0.2, 0.25) is 0 Å². The molecule has 2 aromatic carbocycles. The highest BCUT2D eigenvalue weighted by molar-refractivity contribution is 5.74. The number of amides is 1. The summed E-state index contributed by atoms with van der Waals surface area (Å²) in [4.78, 5) is 27.0. The summed E-state index contributed by atoms with van der Waals surface area (Å²) in [5, 5.41) is 9.93. The molecule has 6 nitrogen and oxygen atoms in total. The maximum atomic E-state index is 13.2. The largest absolute Gasteiger partial charge is 0.481 e. The lowest BCUT2D eigenvalue weighted by atomic mass is 9.92. The van der Waals surface area contributed by atoms with Crippen LogP contribution >= 0.6 is 0 Å². The van der Waals surface area contributed by atoms with Gasteiger partial charge in [-0.05, 0) is 58.6 Å². The molecule has 6 heteroatoms. The molecule has 2 aromatic rings. The molecule has 1 unspecified atom stereocenters. The summed E-state index contributed by atoms with van der Waals surface area (Å²) in [6, 6.07) is 19.0. The summed E-state index contributed by atoms with van der Waals surface area (Å²) in [5.74, 6) is -1.69. The number of carbonyl (C=O) groups is 2. The molecule has 0 aliphatic carbocycles. The highest BCUT2D eigenvalue weighted by Gasteiger charge is 2.51. The second-order valence-electron chi connectivity index (χ2n) is 10.2. The third-order valence-electron chi connectivity index (χ3n) is 5.78. The zero-order valence-electron chi connectivity index (χ0n) is 20.6. The topological polar surface area (TPSA) is 76.1 Å². The number of nitrogens with zero attached hydrogens (tertiary/aromatic N) is 1. The zero-order valence-corrected chi connectivity index (χ0v) is 20.6. The lowest BCUT2D eigenvalue weighted by Crippen LogP contribution is -2.51. The van der Waals surface area contributed by atoms with Crippen molar-refractivity contribution in [1.29, 1.82) is 0 Å². The van der Waals surface area contributed by atoms with Crippen molar-refractivity contribution in [3.63, 3.8) is 0 Å². The van der Waals surface area contributed by atoms with Crippen molar-refractivity contribution in [2.24, 2.45) is 5.92 Å². The lowest BCUT2D eigenvalue weighted by Gasteiger charge is -2.35. The van der Waals surface area contributed by atoms with Gasteiger partial charge in [0.05, 0.1) is 18.1 Å². The summed E-state index contributed by atoms with van der Waals surface area (Å²) in [6.07, 6.45) is 3.33. The molecule has 0 saturated carbocycles. The number of carboxylic acids is 1. The molecule has 1 saturated heterocycles. The Balaban J connectivity index is 1.90. The molecule has 1 aliphatic heterocycles. The van der Waals surface area contributed by atoms with E-state index in [0.717, 1.165) is 11.1 Å². The summed E-state index contributed by atoms with van der Waals surface area (Å²) in [7, 11) is 0. The van der Waals surface area contributed by atoms with E-state index in [1.165, 1.54) is 0 Å². The fraction of sp³-hybridized carbons (Fsp3) is 0.429. The van der Waals surface area contributed by atoms with Gasteiger partial charge in [0, 0.05) is 0 Å². The minimum atomic E-state index is -0.946. The Hall–Kier alpha value is -3.12. The van der Waals surface area contributed by atoms with Crippen LogP contribution in [0.25, 0.3) is 6.08 Å². The highest BCUT2D eigenvalue weighted by Crippen LogP contribution is 2.38. The number of aliphatic carboxylic acids is 1. The molecule has 0 bridgehead atoms. The Morgan fingerprint density at radius 2 is 1.68 bits per heavy atom. The lowest BCUT2D eigenvalue weighted by molar-refractivity contribution is -0.142. The van der Waals surface area contributed by atoms with Crippen molar-refractivity contribution in [2.45, 2.75) is 70.9 Å². The fourth-order valence-corrected chi connectivity index (χ4v) is 4.32. The summed E-state index contributed by atoms with van der Waals surface area (Å²) in [5.41, 5.74) is 0.361. The predicted octanol–water partition coefficient (Wildman–Crippen LogP) is 5.77. The van der Waals surface area contributed by atoms with Crippen molar-refractivity contribution in [2.75, 3.05) is 0 Å². The Kier molecular flexibility index (Phi) is 7.82. The van der Waals surface area contributed by atoms with Gasteiger partial charge in [0.25, 0.3) is 0 Å². The SMILES string of the molecule is CC(C)(C)OC(=O)N1[C@@H](Cc2ccccc2)[C@H](CC(/C=C/c2ccccc2)C(=O)O)OC1(C)C. The first-order chi connectivity index (χ1) is 16.0. The van der Waals surface area contributed by atoms with Gasteiger partial charge in [-0.1, -0.05) is 72.8 Å². The van der Waals surface area contributed by atoms with Gasteiger partial charge < -0.3 is 14.6 Å². The Bertz CT molecular complexity index is 994. The third-order valence-corrected chi connectivity index (χ3v) is 5.78. The highest BCUT2D eigenvalue weighted by atomic mass is 16.6. The van der Waals surface area contributed by atoms with Gasteiger partial charge in [-0.3, -0.25) is 9.69 Å². The molecule has 1 aliphatic rings. The monoisotopic (exact) mass is 465 g/mol. The molecule has 182 valence electrons. The minimum absolute atomic E-state index is 0.235. The van der Waals surface area contributed by atoms with Gasteiger partial charge in [0.1, 0.15) is 11.3 Å². The van der Waals surface area contributed by atoms with Crippen molar-refractivity contribution in [3.05, 3.63) is 77.9 Å². The van der Waals surface area contributed by atoms with E-state index in [1.54, 1.807) is 11.0 Å². The first-order valence-corrected chi connectivity index (χ1v) is 11.7. The number of benzene rings is 2. The fourth-order valence-electron chi connectivity index (χ4n) is 4.32. The Labute approximate surface area is 202 Å². The molecular weight excluding hydrogens is 430 g/mol. The minimum Gasteiger partial charge on any atom is -0.481 e. The molecule has 3 atom stereocenters. The van der Waals surface area contributed by atoms with Gasteiger partial charge in [-0.25, -0.2) is 4.79 Å². The van der Waals surface area contributed by atoms with E-state index in [0.29, 0.717) is 6.42 Å². The van der Waals surface area contributed by atoms with Crippen molar-refractivity contribution >= 4 is 18.1 Å². The zero-order chi connectivity index (χ0) is 24.9. The van der Waals surface area contributed by atoms with Gasteiger partial charge in [-0.15, -0.1) is 0 Å². The van der Waals surface area contributed by atoms with Crippen molar-refractivity contribution in [3.8, 4) is 0 Å². The summed E-state index contributed by atoms with van der Waals surface area (Å²) < 4.78 is 12.1. The first-order valence-electron chi connectivity index (χ1n) is 11.7. The maximum Gasteiger partial charge on any atom is 0.412 e. The van der Waals surface area contributed by atoms with Crippen LogP contribution in [0.5, 0.6) is 0 Å². The van der Waals surface area contributed by atoms with E-state index < -0.39 is 35.4 Å². The summed E-state index contributed by atoms with van der Waals surface area (Å²) in [6.45, 7) is 9.13. The molecule has 34 heavy (non-hydrogen) atoms. The van der Waals surface area contributed by atoms with E-state index in [2.05, 4.69) is 0 Å². The predicted molar refractivity (Wildman–Crippen MR) is 132 cm³/mol. The summed E-state index contributed by atoms with van der Waals surface area (Å²) >= 11 is 0. The second-order valence-corrected chi connectivity index (χ2v) is 10.2. The van der Waals surface area contributed by atoms with Crippen LogP contribution in [0.4, 0.5) is 4.79 Å². The first kappa shape index (κ1) is 25.5.